The summed E-state index contributed by atoms with van der Waals surface area (Å²) in [6.45, 7) is 1.98. The van der Waals surface area contributed by atoms with Gasteiger partial charge < -0.3 is 9.40 Å². The number of imidazole rings is 1. The van der Waals surface area contributed by atoms with E-state index in [9.17, 15) is 4.79 Å². The number of hydrogen-bond acceptors (Lipinski definition) is 4. The van der Waals surface area contributed by atoms with E-state index in [1.165, 1.54) is 6.20 Å². The van der Waals surface area contributed by atoms with E-state index in [1.54, 1.807) is 12.4 Å². The molecule has 104 valence electrons. The van der Waals surface area contributed by atoms with Gasteiger partial charge in [-0.1, -0.05) is 23.8 Å². The quantitative estimate of drug-likeness (QED) is 0.537. The van der Waals surface area contributed by atoms with Crippen LogP contribution in [0.1, 0.15) is 5.56 Å². The molecule has 0 aliphatic carbocycles. The van der Waals surface area contributed by atoms with Crippen LogP contribution in [0, 0.1) is 6.92 Å². The number of para-hydroxylation sites is 2. The van der Waals surface area contributed by atoms with Gasteiger partial charge >= 0.3 is 5.76 Å². The predicted octanol–water partition coefficient (Wildman–Crippen LogP) is 3.06. The van der Waals surface area contributed by atoms with Gasteiger partial charge in [0.25, 0.3) is 0 Å². The third-order valence-corrected chi connectivity index (χ3v) is 3.00. The summed E-state index contributed by atoms with van der Waals surface area (Å²) in [5, 5.41) is 0.856. The first-order chi connectivity index (χ1) is 10.2. The monoisotopic (exact) mass is 279 g/mol. The molecule has 2 aromatic carbocycles. The van der Waals surface area contributed by atoms with Crippen LogP contribution in [0.3, 0.4) is 0 Å². The summed E-state index contributed by atoms with van der Waals surface area (Å²) in [7, 11) is 0. The van der Waals surface area contributed by atoms with Gasteiger partial charge in [-0.25, -0.2) is 9.78 Å². The summed E-state index contributed by atoms with van der Waals surface area (Å²) in [5.41, 5.74) is 3.83. The molecule has 0 saturated carbocycles. The highest BCUT2D eigenvalue weighted by molar-refractivity contribution is 5.76. The van der Waals surface area contributed by atoms with Crippen molar-refractivity contribution in [2.75, 3.05) is 0 Å². The Bertz CT molecular complexity index is 910. The van der Waals surface area contributed by atoms with E-state index in [1.807, 2.05) is 43.3 Å². The summed E-state index contributed by atoms with van der Waals surface area (Å²) in [6.07, 6.45) is 3.22. The molecular weight excluding hydrogens is 266 g/mol. The first kappa shape index (κ1) is 13.1. The van der Waals surface area contributed by atoms with E-state index in [0.29, 0.717) is 5.58 Å². The third kappa shape index (κ3) is 2.97. The second-order valence-electron chi connectivity index (χ2n) is 4.59. The number of hydrogen-bond donors (Lipinski definition) is 1. The predicted molar refractivity (Wildman–Crippen MR) is 81.1 cm³/mol. The van der Waals surface area contributed by atoms with Crippen molar-refractivity contribution in [3.8, 4) is 0 Å². The van der Waals surface area contributed by atoms with Crippen LogP contribution in [-0.2, 0) is 0 Å². The summed E-state index contributed by atoms with van der Waals surface area (Å²) in [6, 6.07) is 13.5. The van der Waals surface area contributed by atoms with Gasteiger partial charge in [0.15, 0.2) is 0 Å². The van der Waals surface area contributed by atoms with E-state index in [0.717, 1.165) is 22.0 Å². The molecule has 0 bridgehead atoms. The zero-order valence-corrected chi connectivity index (χ0v) is 11.4. The van der Waals surface area contributed by atoms with Crippen molar-refractivity contribution in [2.45, 2.75) is 6.92 Å². The number of aromatic amines is 1. The largest absolute Gasteiger partial charge is 0.439 e. The van der Waals surface area contributed by atoms with E-state index in [4.69, 9.17) is 4.42 Å². The highest BCUT2D eigenvalue weighted by Crippen LogP contribution is 2.11. The normalized spacial score (nSPS) is 10.3. The molecule has 0 amide bonds. The number of aromatic nitrogens is 3. The number of H-pyrrole nitrogens is 1. The van der Waals surface area contributed by atoms with E-state index < -0.39 is 5.76 Å². The van der Waals surface area contributed by atoms with Gasteiger partial charge in [0.1, 0.15) is 5.58 Å². The lowest BCUT2D eigenvalue weighted by atomic mass is 10.2. The number of rotatable bonds is 0. The molecule has 1 N–H and O–H groups in total. The lowest BCUT2D eigenvalue weighted by Gasteiger charge is -1.94. The fraction of sp³-hybridized carbons (Fsp3) is 0.0625. The van der Waals surface area contributed by atoms with Gasteiger partial charge in [0.2, 0.25) is 0 Å². The van der Waals surface area contributed by atoms with Gasteiger partial charge in [-0.05, 0) is 31.2 Å². The van der Waals surface area contributed by atoms with Crippen molar-refractivity contribution in [1.82, 2.24) is 15.0 Å². The Labute approximate surface area is 120 Å². The summed E-state index contributed by atoms with van der Waals surface area (Å²) < 4.78 is 4.85. The van der Waals surface area contributed by atoms with Gasteiger partial charge in [0.05, 0.1) is 17.4 Å². The fourth-order valence-electron chi connectivity index (χ4n) is 1.98. The maximum absolute atomic E-state index is 10.7. The molecule has 0 unspecified atom stereocenters. The maximum Gasteiger partial charge on any atom is 0.439 e. The van der Waals surface area contributed by atoms with Crippen LogP contribution in [0.5, 0.6) is 0 Å². The van der Waals surface area contributed by atoms with Crippen molar-refractivity contribution in [3.63, 3.8) is 0 Å². The van der Waals surface area contributed by atoms with E-state index >= 15 is 0 Å². The smallest absolute Gasteiger partial charge is 0.408 e. The highest BCUT2D eigenvalue weighted by atomic mass is 16.4. The molecular formula is C16H13N3O2. The molecule has 5 nitrogen and oxygen atoms in total. The minimum Gasteiger partial charge on any atom is -0.408 e. The van der Waals surface area contributed by atoms with E-state index in [-0.39, 0.29) is 0 Å². The Morgan fingerprint density at radius 2 is 1.95 bits per heavy atom. The Hall–Kier alpha value is -2.95. The number of fused-ring (bicyclic) bond motifs is 2. The van der Waals surface area contributed by atoms with E-state index in [2.05, 4.69) is 15.0 Å². The Morgan fingerprint density at radius 3 is 2.81 bits per heavy atom. The van der Waals surface area contributed by atoms with Gasteiger partial charge in [-0.2, -0.15) is 4.98 Å². The molecule has 0 atom stereocenters. The number of benzene rings is 2. The van der Waals surface area contributed by atoms with Crippen LogP contribution in [0.4, 0.5) is 0 Å². The standard InChI is InChI=1S/C9H7NO2.C7H6N2/c1-6-2-3-8-7(4-6)5-10-9(11)12-8;1-2-4-7-6(3-1)8-5-9-7/h2-5H,1H3;1-5H,(H,8,9). The molecule has 2 aromatic heterocycles. The molecule has 2 heterocycles. The van der Waals surface area contributed by atoms with Crippen LogP contribution < -0.4 is 5.76 Å². The molecule has 0 fully saturated rings. The zero-order valence-electron chi connectivity index (χ0n) is 11.4. The molecule has 0 saturated heterocycles. The molecule has 0 radical (unpaired) electrons. The fourth-order valence-corrected chi connectivity index (χ4v) is 1.98. The molecule has 0 aliphatic rings. The van der Waals surface area contributed by atoms with Gasteiger partial charge in [0, 0.05) is 11.6 Å². The van der Waals surface area contributed by atoms with Crippen molar-refractivity contribution >= 4 is 22.0 Å². The second kappa shape index (κ2) is 5.58. The van der Waals surface area contributed by atoms with Crippen molar-refractivity contribution in [1.29, 1.82) is 0 Å². The van der Waals surface area contributed by atoms with Crippen LogP contribution in [0.2, 0.25) is 0 Å². The summed E-state index contributed by atoms with van der Waals surface area (Å²) in [5.74, 6) is -0.550. The SMILES string of the molecule is Cc1ccc2oc(=O)ncc2c1.c1ccc2[nH]cnc2c1. The molecule has 4 rings (SSSR count). The van der Waals surface area contributed by atoms with Gasteiger partial charge in [-0.15, -0.1) is 0 Å². The average Bonchev–Trinajstić information content (AvgIpc) is 2.97. The second-order valence-corrected chi connectivity index (χ2v) is 4.59. The molecule has 21 heavy (non-hydrogen) atoms. The Balaban J connectivity index is 0.000000131. The molecule has 0 spiro atoms. The minimum atomic E-state index is -0.550. The molecule has 4 aromatic rings. The lowest BCUT2D eigenvalue weighted by Crippen LogP contribution is -2.01. The first-order valence-corrected chi connectivity index (χ1v) is 6.47. The Morgan fingerprint density at radius 1 is 1.10 bits per heavy atom. The van der Waals surface area contributed by atoms with Crippen molar-refractivity contribution in [2.24, 2.45) is 0 Å². The summed E-state index contributed by atoms with van der Waals surface area (Å²) >= 11 is 0. The highest BCUT2D eigenvalue weighted by Gasteiger charge is 1.96. The minimum absolute atomic E-state index is 0.550. The van der Waals surface area contributed by atoms with Crippen molar-refractivity contribution in [3.05, 3.63) is 71.1 Å². The average molecular weight is 279 g/mol. The maximum atomic E-state index is 10.7. The lowest BCUT2D eigenvalue weighted by molar-refractivity contribution is 0.531. The number of nitrogens with one attached hydrogen (secondary N) is 1. The first-order valence-electron chi connectivity index (χ1n) is 6.47. The van der Waals surface area contributed by atoms with Crippen LogP contribution >= 0.6 is 0 Å². The van der Waals surface area contributed by atoms with Crippen LogP contribution in [0.15, 0.2) is 64.2 Å². The zero-order chi connectivity index (χ0) is 14.7. The van der Waals surface area contributed by atoms with Crippen LogP contribution in [-0.4, -0.2) is 15.0 Å². The third-order valence-electron chi connectivity index (χ3n) is 3.00. The van der Waals surface area contributed by atoms with Crippen LogP contribution in [0.25, 0.3) is 22.0 Å². The topological polar surface area (TPSA) is 71.8 Å². The van der Waals surface area contributed by atoms with Crippen molar-refractivity contribution < 1.29 is 4.42 Å². The number of nitrogens with zero attached hydrogens (tertiary/aromatic N) is 2. The summed E-state index contributed by atoms with van der Waals surface area (Å²) in [4.78, 5) is 21.3. The molecule has 5 heteroatoms. The Kier molecular flexibility index (Phi) is 3.47. The number of aryl methyl sites for hydroxylation is 1. The van der Waals surface area contributed by atoms with Gasteiger partial charge in [-0.3, -0.25) is 0 Å². The molecule has 0 aliphatic heterocycles.